The Hall–Kier alpha value is -1.81. The zero-order chi connectivity index (χ0) is 19.3. The van der Waals surface area contributed by atoms with Gasteiger partial charge in [0.05, 0.1) is 18.3 Å². The summed E-state index contributed by atoms with van der Waals surface area (Å²) in [4.78, 5) is 11.5. The van der Waals surface area contributed by atoms with Gasteiger partial charge in [-0.2, -0.15) is 0 Å². The molecule has 0 aromatic rings. The van der Waals surface area contributed by atoms with Crippen molar-refractivity contribution in [3.63, 3.8) is 0 Å². The van der Waals surface area contributed by atoms with Gasteiger partial charge < -0.3 is 14.6 Å². The average Bonchev–Trinajstić information content (AvgIpc) is 2.63. The van der Waals surface area contributed by atoms with E-state index in [1.807, 2.05) is 19.9 Å². The minimum Gasteiger partial charge on any atom is -0.462 e. The highest BCUT2D eigenvalue weighted by molar-refractivity contribution is 5.66. The molecule has 4 unspecified atom stereocenters. The highest BCUT2D eigenvalue weighted by Crippen LogP contribution is 2.42. The fourth-order valence-corrected chi connectivity index (χ4v) is 3.77. The molecule has 144 valence electrons. The Balaban J connectivity index is 2.34. The van der Waals surface area contributed by atoms with Crippen molar-refractivity contribution in [3.8, 4) is 0 Å². The first kappa shape index (κ1) is 20.5. The van der Waals surface area contributed by atoms with E-state index >= 15 is 0 Å². The molecule has 0 radical (unpaired) electrons. The maximum atomic E-state index is 11.5. The lowest BCUT2D eigenvalue weighted by Gasteiger charge is -2.39. The number of allylic oxidation sites excluding steroid dienone is 3. The largest absolute Gasteiger partial charge is 0.462 e. The van der Waals surface area contributed by atoms with Crippen LogP contribution in [0.4, 0.5) is 0 Å². The Morgan fingerprint density at radius 2 is 2.15 bits per heavy atom. The van der Waals surface area contributed by atoms with Crippen LogP contribution >= 0.6 is 0 Å². The zero-order valence-electron chi connectivity index (χ0n) is 16.5. The molecule has 0 fully saturated rings. The van der Waals surface area contributed by atoms with Gasteiger partial charge in [0.25, 0.3) is 0 Å². The number of ether oxygens (including phenoxy) is 2. The Labute approximate surface area is 157 Å². The number of hydrogen-bond acceptors (Lipinski definition) is 4. The van der Waals surface area contributed by atoms with Crippen LogP contribution in [0.3, 0.4) is 0 Å². The van der Waals surface area contributed by atoms with Crippen molar-refractivity contribution in [2.45, 2.75) is 72.2 Å². The molecule has 1 N–H and O–H groups in total. The quantitative estimate of drug-likeness (QED) is 0.577. The second-order valence-electron chi connectivity index (χ2n) is 7.68. The predicted octanol–water partition coefficient (Wildman–Crippen LogP) is 4.82. The molecule has 1 heterocycles. The Bertz CT molecular complexity index is 622. The van der Waals surface area contributed by atoms with E-state index < -0.39 is 12.4 Å². The van der Waals surface area contributed by atoms with Gasteiger partial charge in [0.2, 0.25) is 6.29 Å². The number of carbonyl (C=O) groups is 1. The molecule has 0 saturated heterocycles. The van der Waals surface area contributed by atoms with E-state index in [-0.39, 0.29) is 17.8 Å². The van der Waals surface area contributed by atoms with Gasteiger partial charge in [-0.25, -0.2) is 0 Å². The van der Waals surface area contributed by atoms with Gasteiger partial charge in [0, 0.05) is 6.92 Å². The first-order valence-electron chi connectivity index (χ1n) is 9.47. The summed E-state index contributed by atoms with van der Waals surface area (Å²) in [6.45, 7) is 11.9. The van der Waals surface area contributed by atoms with Gasteiger partial charge in [0.15, 0.2) is 0 Å². The van der Waals surface area contributed by atoms with Crippen LogP contribution in [0, 0.1) is 11.8 Å². The third-order valence-electron chi connectivity index (χ3n) is 5.19. The molecule has 1 aliphatic heterocycles. The van der Waals surface area contributed by atoms with Crippen LogP contribution in [0.15, 0.2) is 47.3 Å². The molecular weight excluding hydrogens is 328 g/mol. The van der Waals surface area contributed by atoms with Crippen molar-refractivity contribution in [2.24, 2.45) is 11.8 Å². The molecule has 2 rings (SSSR count). The molecule has 2 aliphatic rings. The lowest BCUT2D eigenvalue weighted by molar-refractivity contribution is -0.180. The topological polar surface area (TPSA) is 55.8 Å². The monoisotopic (exact) mass is 360 g/mol. The van der Waals surface area contributed by atoms with E-state index in [1.165, 1.54) is 18.1 Å². The van der Waals surface area contributed by atoms with Crippen molar-refractivity contribution in [1.82, 2.24) is 0 Å². The molecule has 0 spiro atoms. The van der Waals surface area contributed by atoms with Crippen LogP contribution in [0.5, 0.6) is 0 Å². The molecule has 0 bridgehead atoms. The van der Waals surface area contributed by atoms with E-state index in [1.54, 1.807) is 6.26 Å². The molecule has 1 aliphatic carbocycles. The maximum Gasteiger partial charge on any atom is 0.305 e. The number of rotatable bonds is 4. The van der Waals surface area contributed by atoms with E-state index in [9.17, 15) is 9.90 Å². The van der Waals surface area contributed by atoms with Gasteiger partial charge in [-0.3, -0.25) is 4.79 Å². The fraction of sp³-hybridized carbons (Fsp3) is 0.591. The van der Waals surface area contributed by atoms with Gasteiger partial charge >= 0.3 is 5.97 Å². The Morgan fingerprint density at radius 1 is 1.42 bits per heavy atom. The standard InChI is InChI=1S/C22H32O4/c1-14(2)9-12-20(24)19-13-25-22(26-17(5)23)21-16(4)8-6-7-15(3)10-11-18(19)21/h7,9,13,18,20-22,24H,4,6,8,10-12H2,1-3,5H3. The van der Waals surface area contributed by atoms with E-state index in [2.05, 4.69) is 19.6 Å². The summed E-state index contributed by atoms with van der Waals surface area (Å²) in [6, 6.07) is 0. The number of hydrogen-bond donors (Lipinski definition) is 1. The molecule has 0 saturated carbocycles. The van der Waals surface area contributed by atoms with Crippen LogP contribution < -0.4 is 0 Å². The van der Waals surface area contributed by atoms with Crippen LogP contribution in [0.1, 0.15) is 59.8 Å². The second-order valence-corrected chi connectivity index (χ2v) is 7.68. The van der Waals surface area contributed by atoms with Crippen LogP contribution in [0.2, 0.25) is 0 Å². The van der Waals surface area contributed by atoms with Crippen molar-refractivity contribution in [2.75, 3.05) is 0 Å². The van der Waals surface area contributed by atoms with Crippen molar-refractivity contribution in [1.29, 1.82) is 0 Å². The summed E-state index contributed by atoms with van der Waals surface area (Å²) in [5.74, 6) is -0.431. The summed E-state index contributed by atoms with van der Waals surface area (Å²) >= 11 is 0. The van der Waals surface area contributed by atoms with Crippen LogP contribution in [-0.4, -0.2) is 23.5 Å². The second kappa shape index (κ2) is 9.22. The van der Waals surface area contributed by atoms with Crippen molar-refractivity contribution >= 4 is 5.97 Å². The zero-order valence-corrected chi connectivity index (χ0v) is 16.5. The van der Waals surface area contributed by atoms with Gasteiger partial charge in [0.1, 0.15) is 0 Å². The molecule has 0 aromatic carbocycles. The molecule has 0 aromatic heterocycles. The lowest BCUT2D eigenvalue weighted by Crippen LogP contribution is -2.40. The first-order valence-corrected chi connectivity index (χ1v) is 9.47. The summed E-state index contributed by atoms with van der Waals surface area (Å²) in [6.07, 6.45) is 8.79. The van der Waals surface area contributed by atoms with Gasteiger partial charge in [-0.1, -0.05) is 35.5 Å². The van der Waals surface area contributed by atoms with E-state index in [0.717, 1.165) is 36.8 Å². The van der Waals surface area contributed by atoms with Gasteiger partial charge in [-0.05, 0) is 64.4 Å². The van der Waals surface area contributed by atoms with Crippen molar-refractivity contribution in [3.05, 3.63) is 47.3 Å². The summed E-state index contributed by atoms with van der Waals surface area (Å²) in [7, 11) is 0. The predicted molar refractivity (Wildman–Crippen MR) is 103 cm³/mol. The smallest absolute Gasteiger partial charge is 0.305 e. The molecule has 4 nitrogen and oxygen atoms in total. The van der Waals surface area contributed by atoms with E-state index in [0.29, 0.717) is 6.42 Å². The normalized spacial score (nSPS) is 27.4. The number of carbonyl (C=O) groups excluding carboxylic acids is 1. The highest BCUT2D eigenvalue weighted by atomic mass is 16.7. The third kappa shape index (κ3) is 5.34. The van der Waals surface area contributed by atoms with E-state index in [4.69, 9.17) is 9.47 Å². The average molecular weight is 360 g/mol. The van der Waals surface area contributed by atoms with Gasteiger partial charge in [-0.15, -0.1) is 0 Å². The summed E-state index contributed by atoms with van der Waals surface area (Å²) < 4.78 is 11.2. The van der Waals surface area contributed by atoms with Crippen molar-refractivity contribution < 1.29 is 19.4 Å². The molecule has 0 amide bonds. The molecule has 26 heavy (non-hydrogen) atoms. The van der Waals surface area contributed by atoms with Crippen LogP contribution in [0.25, 0.3) is 0 Å². The van der Waals surface area contributed by atoms with Crippen LogP contribution in [-0.2, 0) is 14.3 Å². The Morgan fingerprint density at radius 3 is 2.81 bits per heavy atom. The molecule has 4 atom stereocenters. The SMILES string of the molecule is C=C1CCC=C(C)CCC2C(C(O)CC=C(C)C)=COC(OC(C)=O)C12. The third-order valence-corrected chi connectivity index (χ3v) is 5.19. The fourth-order valence-electron chi connectivity index (χ4n) is 3.77. The maximum absolute atomic E-state index is 11.5. The molecule has 4 heteroatoms. The number of aliphatic hydroxyl groups excluding tert-OH is 1. The minimum atomic E-state index is -0.664. The summed E-state index contributed by atoms with van der Waals surface area (Å²) in [5.41, 5.74) is 4.43. The Kier molecular flexibility index (Phi) is 7.27. The summed E-state index contributed by atoms with van der Waals surface area (Å²) in [5, 5.41) is 10.8. The number of fused-ring (bicyclic) bond motifs is 1. The number of esters is 1. The highest BCUT2D eigenvalue weighted by Gasteiger charge is 2.41. The lowest BCUT2D eigenvalue weighted by atomic mass is 9.74. The minimum absolute atomic E-state index is 0.0580. The molecular formula is C22H32O4. The number of aliphatic hydroxyl groups is 1. The first-order chi connectivity index (χ1) is 12.3.